The molecular formula is C15H19NO2. The first kappa shape index (κ1) is 12.8. The van der Waals surface area contributed by atoms with Crippen molar-refractivity contribution in [2.75, 3.05) is 5.32 Å². The molecule has 0 saturated heterocycles. The second-order valence-electron chi connectivity index (χ2n) is 6.11. The standard InChI is InChI=1S/C15H19NO2/c1-14(2)12(15(14,3)4)13(18)16-11-7-5-10(9-17)6-8-11/h5-9,12H,1-4H3,(H,16,18). The number of rotatable bonds is 3. The fourth-order valence-corrected chi connectivity index (χ4v) is 2.71. The molecule has 1 amide bonds. The smallest absolute Gasteiger partial charge is 0.228 e. The van der Waals surface area contributed by atoms with Crippen LogP contribution in [0.15, 0.2) is 24.3 Å². The summed E-state index contributed by atoms with van der Waals surface area (Å²) >= 11 is 0. The van der Waals surface area contributed by atoms with Gasteiger partial charge >= 0.3 is 0 Å². The molecule has 0 aliphatic heterocycles. The summed E-state index contributed by atoms with van der Waals surface area (Å²) in [5.74, 6) is 0.0969. The second kappa shape index (κ2) is 3.94. The van der Waals surface area contributed by atoms with Crippen molar-refractivity contribution in [1.82, 2.24) is 0 Å². The number of carbonyl (C=O) groups excluding carboxylic acids is 2. The zero-order valence-electron chi connectivity index (χ0n) is 11.3. The Kier molecular flexibility index (Phi) is 2.80. The molecule has 0 aromatic heterocycles. The quantitative estimate of drug-likeness (QED) is 0.832. The number of carbonyl (C=O) groups is 2. The van der Waals surface area contributed by atoms with Crippen LogP contribution in [0.4, 0.5) is 5.69 Å². The second-order valence-corrected chi connectivity index (χ2v) is 6.11. The van der Waals surface area contributed by atoms with Crippen LogP contribution < -0.4 is 5.32 Å². The monoisotopic (exact) mass is 245 g/mol. The maximum atomic E-state index is 12.2. The number of hydrogen-bond donors (Lipinski definition) is 1. The minimum absolute atomic E-state index is 0.0377. The van der Waals surface area contributed by atoms with Crippen LogP contribution in [0.3, 0.4) is 0 Å². The average molecular weight is 245 g/mol. The van der Waals surface area contributed by atoms with E-state index in [1.807, 2.05) is 0 Å². The number of benzene rings is 1. The molecule has 0 spiro atoms. The summed E-state index contributed by atoms with van der Waals surface area (Å²) in [6, 6.07) is 6.91. The van der Waals surface area contributed by atoms with E-state index in [1.165, 1.54) is 0 Å². The molecule has 2 rings (SSSR count). The molecule has 3 nitrogen and oxygen atoms in total. The van der Waals surface area contributed by atoms with Crippen LogP contribution in [-0.2, 0) is 4.79 Å². The van der Waals surface area contributed by atoms with Crippen molar-refractivity contribution in [2.24, 2.45) is 16.7 Å². The number of nitrogens with one attached hydrogen (secondary N) is 1. The Bertz CT molecular complexity index is 472. The minimum Gasteiger partial charge on any atom is -0.326 e. The van der Waals surface area contributed by atoms with Gasteiger partial charge in [0.2, 0.25) is 5.91 Å². The van der Waals surface area contributed by atoms with Crippen molar-refractivity contribution in [3.63, 3.8) is 0 Å². The Morgan fingerprint density at radius 3 is 2.00 bits per heavy atom. The van der Waals surface area contributed by atoms with Gasteiger partial charge in [0, 0.05) is 17.2 Å². The minimum atomic E-state index is 0.0377. The van der Waals surface area contributed by atoms with Crippen LogP contribution in [0.1, 0.15) is 38.1 Å². The van der Waals surface area contributed by atoms with E-state index in [2.05, 4.69) is 33.0 Å². The van der Waals surface area contributed by atoms with Crippen molar-refractivity contribution >= 4 is 17.9 Å². The molecule has 96 valence electrons. The van der Waals surface area contributed by atoms with Crippen molar-refractivity contribution in [1.29, 1.82) is 0 Å². The van der Waals surface area contributed by atoms with Crippen LogP contribution in [0.2, 0.25) is 0 Å². The van der Waals surface area contributed by atoms with Crippen LogP contribution in [0, 0.1) is 16.7 Å². The molecular weight excluding hydrogens is 226 g/mol. The summed E-state index contributed by atoms with van der Waals surface area (Å²) in [6.45, 7) is 8.47. The first-order chi connectivity index (χ1) is 8.30. The highest BCUT2D eigenvalue weighted by Crippen LogP contribution is 2.68. The lowest BCUT2D eigenvalue weighted by molar-refractivity contribution is -0.118. The van der Waals surface area contributed by atoms with Gasteiger partial charge in [-0.05, 0) is 35.1 Å². The lowest BCUT2D eigenvalue weighted by Crippen LogP contribution is -2.17. The largest absolute Gasteiger partial charge is 0.326 e. The lowest BCUT2D eigenvalue weighted by Gasteiger charge is -2.06. The molecule has 1 saturated carbocycles. The van der Waals surface area contributed by atoms with Crippen LogP contribution in [0.5, 0.6) is 0 Å². The van der Waals surface area contributed by atoms with Gasteiger partial charge < -0.3 is 5.32 Å². The molecule has 1 aromatic rings. The molecule has 0 bridgehead atoms. The van der Waals surface area contributed by atoms with Gasteiger partial charge in [0.05, 0.1) is 0 Å². The topological polar surface area (TPSA) is 46.2 Å². The summed E-state index contributed by atoms with van der Waals surface area (Å²) in [5, 5.41) is 2.91. The summed E-state index contributed by atoms with van der Waals surface area (Å²) in [4.78, 5) is 22.7. The Balaban J connectivity index is 2.07. The van der Waals surface area contributed by atoms with E-state index in [9.17, 15) is 9.59 Å². The number of hydrogen-bond acceptors (Lipinski definition) is 2. The van der Waals surface area contributed by atoms with Gasteiger partial charge in [-0.1, -0.05) is 27.7 Å². The summed E-state index contributed by atoms with van der Waals surface area (Å²) in [7, 11) is 0. The zero-order valence-corrected chi connectivity index (χ0v) is 11.3. The van der Waals surface area contributed by atoms with Crippen molar-refractivity contribution in [2.45, 2.75) is 27.7 Å². The van der Waals surface area contributed by atoms with E-state index in [0.717, 1.165) is 12.0 Å². The van der Waals surface area contributed by atoms with E-state index >= 15 is 0 Å². The average Bonchev–Trinajstić information content (AvgIpc) is 2.70. The predicted molar refractivity (Wildman–Crippen MR) is 71.5 cm³/mol. The normalized spacial score (nSPS) is 20.2. The summed E-state index contributed by atoms with van der Waals surface area (Å²) in [6.07, 6.45) is 0.790. The van der Waals surface area contributed by atoms with Gasteiger partial charge in [0.25, 0.3) is 0 Å². The maximum absolute atomic E-state index is 12.2. The highest BCUT2D eigenvalue weighted by atomic mass is 16.2. The maximum Gasteiger partial charge on any atom is 0.228 e. The first-order valence-electron chi connectivity index (χ1n) is 6.17. The van der Waals surface area contributed by atoms with Gasteiger partial charge in [0.15, 0.2) is 0 Å². The Morgan fingerprint density at radius 2 is 1.61 bits per heavy atom. The molecule has 0 heterocycles. The lowest BCUT2D eigenvalue weighted by atomic mass is 10.0. The zero-order chi connectivity index (χ0) is 13.6. The third-order valence-electron chi connectivity index (χ3n) is 4.60. The van der Waals surface area contributed by atoms with Gasteiger partial charge in [-0.2, -0.15) is 0 Å². The van der Waals surface area contributed by atoms with E-state index in [0.29, 0.717) is 5.56 Å². The molecule has 1 aromatic carbocycles. The van der Waals surface area contributed by atoms with Crippen LogP contribution >= 0.6 is 0 Å². The molecule has 0 radical (unpaired) electrons. The summed E-state index contributed by atoms with van der Waals surface area (Å²) < 4.78 is 0. The highest BCUT2D eigenvalue weighted by molar-refractivity contribution is 5.96. The molecule has 0 unspecified atom stereocenters. The Morgan fingerprint density at radius 1 is 1.11 bits per heavy atom. The number of anilines is 1. The Hall–Kier alpha value is -1.64. The number of amides is 1. The third kappa shape index (κ3) is 1.84. The number of aldehydes is 1. The van der Waals surface area contributed by atoms with E-state index in [4.69, 9.17) is 0 Å². The predicted octanol–water partition coefficient (Wildman–Crippen LogP) is 3.12. The highest BCUT2D eigenvalue weighted by Gasteiger charge is 2.68. The SMILES string of the molecule is CC1(C)C(C(=O)Nc2ccc(C=O)cc2)C1(C)C. The third-order valence-corrected chi connectivity index (χ3v) is 4.60. The van der Waals surface area contributed by atoms with Crippen molar-refractivity contribution < 1.29 is 9.59 Å². The van der Waals surface area contributed by atoms with Crippen LogP contribution in [0.25, 0.3) is 0 Å². The Labute approximate surface area is 108 Å². The molecule has 1 aliphatic rings. The van der Waals surface area contributed by atoms with E-state index in [-0.39, 0.29) is 22.7 Å². The molecule has 18 heavy (non-hydrogen) atoms. The fraction of sp³-hybridized carbons (Fsp3) is 0.467. The molecule has 0 atom stereocenters. The molecule has 1 aliphatic carbocycles. The van der Waals surface area contributed by atoms with E-state index < -0.39 is 0 Å². The summed E-state index contributed by atoms with van der Waals surface area (Å²) in [5.41, 5.74) is 1.43. The van der Waals surface area contributed by atoms with E-state index in [1.54, 1.807) is 24.3 Å². The van der Waals surface area contributed by atoms with Gasteiger partial charge in [-0.25, -0.2) is 0 Å². The fourth-order valence-electron chi connectivity index (χ4n) is 2.71. The van der Waals surface area contributed by atoms with Crippen LogP contribution in [-0.4, -0.2) is 12.2 Å². The first-order valence-corrected chi connectivity index (χ1v) is 6.17. The molecule has 1 N–H and O–H groups in total. The molecule has 3 heteroatoms. The van der Waals surface area contributed by atoms with Crippen molar-refractivity contribution in [3.8, 4) is 0 Å². The van der Waals surface area contributed by atoms with Gasteiger partial charge in [-0.15, -0.1) is 0 Å². The molecule has 1 fully saturated rings. The van der Waals surface area contributed by atoms with Gasteiger partial charge in [0.1, 0.15) is 6.29 Å². The van der Waals surface area contributed by atoms with Crippen molar-refractivity contribution in [3.05, 3.63) is 29.8 Å². The van der Waals surface area contributed by atoms with Gasteiger partial charge in [-0.3, -0.25) is 9.59 Å².